The molecule has 0 saturated carbocycles. The summed E-state index contributed by atoms with van der Waals surface area (Å²) >= 11 is 5.84. The molecule has 0 spiro atoms. The summed E-state index contributed by atoms with van der Waals surface area (Å²) in [4.78, 5) is 0. The summed E-state index contributed by atoms with van der Waals surface area (Å²) in [7, 11) is 0. The Hall–Kier alpha value is -1.23. The standard InChI is InChI=1S/C11H10ClF3N2/c1-6(2)17-9-4-3-7(11(13,14)15)5-8(9)10(12)16-17/h3-6H,1-2H3. The van der Waals surface area contributed by atoms with Crippen LogP contribution in [0.1, 0.15) is 25.5 Å². The van der Waals surface area contributed by atoms with Crippen LogP contribution in [0.3, 0.4) is 0 Å². The van der Waals surface area contributed by atoms with Crippen LogP contribution in [0.15, 0.2) is 18.2 Å². The Morgan fingerprint density at radius 3 is 2.47 bits per heavy atom. The minimum atomic E-state index is -4.36. The molecule has 0 fully saturated rings. The Kier molecular flexibility index (Phi) is 2.81. The molecule has 0 radical (unpaired) electrons. The highest BCUT2D eigenvalue weighted by Gasteiger charge is 2.31. The van der Waals surface area contributed by atoms with Crippen LogP contribution in [0, 0.1) is 0 Å². The number of hydrogen-bond acceptors (Lipinski definition) is 1. The average Bonchev–Trinajstić information content (AvgIpc) is 2.55. The van der Waals surface area contributed by atoms with Gasteiger partial charge in [0.2, 0.25) is 0 Å². The van der Waals surface area contributed by atoms with Crippen molar-refractivity contribution in [2.45, 2.75) is 26.1 Å². The molecule has 0 amide bonds. The van der Waals surface area contributed by atoms with E-state index in [4.69, 9.17) is 11.6 Å². The van der Waals surface area contributed by atoms with Gasteiger partial charge in [-0.15, -0.1) is 0 Å². The quantitative estimate of drug-likeness (QED) is 0.750. The van der Waals surface area contributed by atoms with E-state index in [0.29, 0.717) is 10.9 Å². The topological polar surface area (TPSA) is 17.8 Å². The summed E-state index contributed by atoms with van der Waals surface area (Å²) in [6.07, 6.45) is -4.36. The second-order valence-corrected chi connectivity index (χ2v) is 4.42. The molecule has 0 bridgehead atoms. The first-order valence-electron chi connectivity index (χ1n) is 5.05. The lowest BCUT2D eigenvalue weighted by Crippen LogP contribution is -2.05. The maximum Gasteiger partial charge on any atom is 0.416 e. The molecule has 0 saturated heterocycles. The average molecular weight is 263 g/mol. The molecule has 2 rings (SSSR count). The van der Waals surface area contributed by atoms with Crippen molar-refractivity contribution in [1.29, 1.82) is 0 Å². The van der Waals surface area contributed by atoms with Gasteiger partial charge in [-0.05, 0) is 32.0 Å². The molecule has 0 unspecified atom stereocenters. The van der Waals surface area contributed by atoms with Gasteiger partial charge >= 0.3 is 6.18 Å². The fourth-order valence-electron chi connectivity index (χ4n) is 1.67. The molecule has 0 aliphatic carbocycles. The second-order valence-electron chi connectivity index (χ2n) is 4.06. The van der Waals surface area contributed by atoms with Gasteiger partial charge in [0.05, 0.1) is 11.1 Å². The van der Waals surface area contributed by atoms with E-state index in [1.54, 1.807) is 4.68 Å². The van der Waals surface area contributed by atoms with E-state index in [0.717, 1.165) is 12.1 Å². The summed E-state index contributed by atoms with van der Waals surface area (Å²) in [5.41, 5.74) is -0.104. The molecule has 17 heavy (non-hydrogen) atoms. The number of rotatable bonds is 1. The smallest absolute Gasteiger partial charge is 0.261 e. The molecule has 0 atom stereocenters. The summed E-state index contributed by atoms with van der Waals surface area (Å²) in [5.74, 6) is 0. The van der Waals surface area contributed by atoms with Gasteiger partial charge in [-0.1, -0.05) is 11.6 Å². The third-order valence-corrected chi connectivity index (χ3v) is 2.76. The van der Waals surface area contributed by atoms with E-state index in [1.165, 1.54) is 6.07 Å². The lowest BCUT2D eigenvalue weighted by atomic mass is 10.1. The van der Waals surface area contributed by atoms with E-state index in [1.807, 2.05) is 13.8 Å². The minimum absolute atomic E-state index is 0.0433. The molecule has 2 nitrogen and oxygen atoms in total. The van der Waals surface area contributed by atoms with Gasteiger partial charge < -0.3 is 0 Å². The highest BCUT2D eigenvalue weighted by Crippen LogP contribution is 2.34. The monoisotopic (exact) mass is 262 g/mol. The predicted molar refractivity (Wildman–Crippen MR) is 60.1 cm³/mol. The number of nitrogens with zero attached hydrogens (tertiary/aromatic N) is 2. The second kappa shape index (κ2) is 3.91. The van der Waals surface area contributed by atoms with Gasteiger partial charge in [0.25, 0.3) is 0 Å². The maximum atomic E-state index is 12.5. The fourth-order valence-corrected chi connectivity index (χ4v) is 1.91. The van der Waals surface area contributed by atoms with Crippen molar-refractivity contribution in [2.24, 2.45) is 0 Å². The van der Waals surface area contributed by atoms with Crippen LogP contribution in [-0.2, 0) is 6.18 Å². The van der Waals surface area contributed by atoms with E-state index >= 15 is 0 Å². The van der Waals surface area contributed by atoms with E-state index in [2.05, 4.69) is 5.10 Å². The van der Waals surface area contributed by atoms with Crippen molar-refractivity contribution in [1.82, 2.24) is 9.78 Å². The number of halogens is 4. The molecule has 1 heterocycles. The molecule has 1 aromatic heterocycles. The van der Waals surface area contributed by atoms with Crippen LogP contribution in [0.25, 0.3) is 10.9 Å². The summed E-state index contributed by atoms with van der Waals surface area (Å²) in [5, 5.41) is 4.45. The Morgan fingerprint density at radius 1 is 1.29 bits per heavy atom. The van der Waals surface area contributed by atoms with Crippen molar-refractivity contribution in [2.75, 3.05) is 0 Å². The van der Waals surface area contributed by atoms with Crippen molar-refractivity contribution < 1.29 is 13.2 Å². The lowest BCUT2D eigenvalue weighted by Gasteiger charge is -2.08. The van der Waals surface area contributed by atoms with Gasteiger partial charge in [0.15, 0.2) is 5.15 Å². The van der Waals surface area contributed by atoms with Crippen molar-refractivity contribution in [3.05, 3.63) is 28.9 Å². The first-order chi connectivity index (χ1) is 7.80. The van der Waals surface area contributed by atoms with E-state index in [-0.39, 0.29) is 11.2 Å². The number of fused-ring (bicyclic) bond motifs is 1. The largest absolute Gasteiger partial charge is 0.416 e. The van der Waals surface area contributed by atoms with Gasteiger partial charge in [0.1, 0.15) is 0 Å². The third-order valence-electron chi connectivity index (χ3n) is 2.48. The Balaban J connectivity index is 2.68. The Labute approximate surface area is 101 Å². The molecular formula is C11H10ClF3N2. The highest BCUT2D eigenvalue weighted by atomic mass is 35.5. The van der Waals surface area contributed by atoms with Crippen LogP contribution in [-0.4, -0.2) is 9.78 Å². The zero-order chi connectivity index (χ0) is 12.8. The number of alkyl halides is 3. The third kappa shape index (κ3) is 2.11. The Bertz CT molecular complexity index is 558. The molecule has 0 aliphatic rings. The Morgan fingerprint density at radius 2 is 1.94 bits per heavy atom. The number of hydrogen-bond donors (Lipinski definition) is 0. The van der Waals surface area contributed by atoms with Gasteiger partial charge in [0, 0.05) is 11.4 Å². The first-order valence-corrected chi connectivity index (χ1v) is 5.43. The van der Waals surface area contributed by atoms with Crippen LogP contribution < -0.4 is 0 Å². The van der Waals surface area contributed by atoms with Crippen molar-refractivity contribution in [3.8, 4) is 0 Å². The zero-order valence-corrected chi connectivity index (χ0v) is 9.97. The van der Waals surface area contributed by atoms with Crippen molar-refractivity contribution in [3.63, 3.8) is 0 Å². The number of benzene rings is 1. The summed E-state index contributed by atoms with van der Waals surface area (Å²) < 4.78 is 39.2. The highest BCUT2D eigenvalue weighted by molar-refractivity contribution is 6.34. The SMILES string of the molecule is CC(C)n1nc(Cl)c2cc(C(F)(F)F)ccc21. The van der Waals surface area contributed by atoms with Gasteiger partial charge in [-0.25, -0.2) is 0 Å². The van der Waals surface area contributed by atoms with Crippen LogP contribution in [0.2, 0.25) is 5.15 Å². The zero-order valence-electron chi connectivity index (χ0n) is 9.22. The van der Waals surface area contributed by atoms with Gasteiger partial charge in [-0.3, -0.25) is 4.68 Å². The molecule has 0 aliphatic heterocycles. The maximum absolute atomic E-state index is 12.5. The van der Waals surface area contributed by atoms with Crippen LogP contribution in [0.5, 0.6) is 0 Å². The molecule has 2 aromatic rings. The molecule has 1 aromatic carbocycles. The normalized spacial score (nSPS) is 12.6. The fraction of sp³-hybridized carbons (Fsp3) is 0.364. The predicted octanol–water partition coefficient (Wildman–Crippen LogP) is 4.29. The summed E-state index contributed by atoms with van der Waals surface area (Å²) in [6, 6.07) is 3.52. The van der Waals surface area contributed by atoms with E-state index in [9.17, 15) is 13.2 Å². The molecule has 92 valence electrons. The molecule has 6 heteroatoms. The molecule has 0 N–H and O–H groups in total. The van der Waals surface area contributed by atoms with Crippen LogP contribution in [0.4, 0.5) is 13.2 Å². The summed E-state index contributed by atoms with van der Waals surface area (Å²) in [6.45, 7) is 3.78. The lowest BCUT2D eigenvalue weighted by molar-refractivity contribution is -0.137. The van der Waals surface area contributed by atoms with Crippen LogP contribution >= 0.6 is 11.6 Å². The molecular weight excluding hydrogens is 253 g/mol. The van der Waals surface area contributed by atoms with E-state index < -0.39 is 11.7 Å². The van der Waals surface area contributed by atoms with Crippen molar-refractivity contribution >= 4 is 22.5 Å². The minimum Gasteiger partial charge on any atom is -0.261 e. The first kappa shape index (κ1) is 12.2. The number of aromatic nitrogens is 2. The van der Waals surface area contributed by atoms with Gasteiger partial charge in [-0.2, -0.15) is 18.3 Å².